The minimum absolute atomic E-state index is 0.134. The van der Waals surface area contributed by atoms with Crippen LogP contribution >= 0.6 is 0 Å². The first-order valence-corrected chi connectivity index (χ1v) is 7.48. The van der Waals surface area contributed by atoms with E-state index < -0.39 is 0 Å². The Morgan fingerprint density at radius 2 is 2.05 bits per heavy atom. The fraction of sp³-hybridized carbons (Fsp3) is 0.412. The van der Waals surface area contributed by atoms with E-state index in [0.717, 1.165) is 18.8 Å². The zero-order valence-corrected chi connectivity index (χ0v) is 11.7. The van der Waals surface area contributed by atoms with Gasteiger partial charge < -0.3 is 15.1 Å². The molecule has 1 saturated heterocycles. The van der Waals surface area contributed by atoms with Crippen LogP contribution in [0, 0.1) is 0 Å². The van der Waals surface area contributed by atoms with Gasteiger partial charge in [-0.05, 0) is 37.1 Å². The van der Waals surface area contributed by atoms with E-state index >= 15 is 0 Å². The van der Waals surface area contributed by atoms with E-state index in [2.05, 4.69) is 34.9 Å². The molecule has 1 aliphatic rings. The van der Waals surface area contributed by atoms with Gasteiger partial charge in [0.2, 0.25) is 0 Å². The molecule has 1 aromatic heterocycles. The van der Waals surface area contributed by atoms with Crippen molar-refractivity contribution >= 4 is 0 Å². The highest BCUT2D eigenvalue weighted by Crippen LogP contribution is 2.22. The van der Waals surface area contributed by atoms with Crippen molar-refractivity contribution in [1.29, 1.82) is 0 Å². The molecule has 0 spiro atoms. The molecule has 0 aliphatic carbocycles. The molecule has 3 heteroatoms. The third kappa shape index (κ3) is 3.30. The Morgan fingerprint density at radius 3 is 2.75 bits per heavy atom. The summed E-state index contributed by atoms with van der Waals surface area (Å²) in [6.45, 7) is 2.11. The summed E-state index contributed by atoms with van der Waals surface area (Å²) >= 11 is 0. The van der Waals surface area contributed by atoms with Crippen molar-refractivity contribution in [1.82, 2.24) is 10.6 Å². The fourth-order valence-corrected chi connectivity index (χ4v) is 2.84. The molecule has 0 radical (unpaired) electrons. The molecular weight excluding hydrogens is 248 g/mol. The Bertz CT molecular complexity index is 489. The minimum Gasteiger partial charge on any atom is -0.467 e. The first kappa shape index (κ1) is 13.4. The Balaban J connectivity index is 1.69. The van der Waals surface area contributed by atoms with E-state index in [1.54, 1.807) is 6.26 Å². The Kier molecular flexibility index (Phi) is 4.51. The molecular formula is C17H22N2O. The standard InChI is InChI=1S/C17H22N2O/c1-2-7-14(8-3-1)17(16-10-6-12-20-16)19-13-15-9-4-5-11-18-15/h1-3,6-8,10,12,15,17-19H,4-5,9,11,13H2. The van der Waals surface area contributed by atoms with Crippen molar-refractivity contribution < 1.29 is 4.42 Å². The highest BCUT2D eigenvalue weighted by Gasteiger charge is 2.19. The lowest BCUT2D eigenvalue weighted by Gasteiger charge is -2.26. The predicted octanol–water partition coefficient (Wildman–Crippen LogP) is 3.10. The van der Waals surface area contributed by atoms with Crippen LogP contribution in [0.1, 0.15) is 36.6 Å². The molecule has 2 aromatic rings. The second kappa shape index (κ2) is 6.73. The van der Waals surface area contributed by atoms with Crippen molar-refractivity contribution in [3.63, 3.8) is 0 Å². The molecule has 0 amide bonds. The van der Waals surface area contributed by atoms with Gasteiger partial charge in [0.1, 0.15) is 5.76 Å². The number of nitrogens with one attached hydrogen (secondary N) is 2. The number of piperidine rings is 1. The van der Waals surface area contributed by atoms with Crippen LogP contribution < -0.4 is 10.6 Å². The molecule has 106 valence electrons. The maximum absolute atomic E-state index is 5.61. The Morgan fingerprint density at radius 1 is 1.15 bits per heavy atom. The summed E-state index contributed by atoms with van der Waals surface area (Å²) in [5, 5.41) is 7.23. The van der Waals surface area contributed by atoms with E-state index in [9.17, 15) is 0 Å². The highest BCUT2D eigenvalue weighted by atomic mass is 16.3. The van der Waals surface area contributed by atoms with Gasteiger partial charge >= 0.3 is 0 Å². The van der Waals surface area contributed by atoms with Crippen LogP contribution in [-0.4, -0.2) is 19.1 Å². The highest BCUT2D eigenvalue weighted by molar-refractivity contribution is 5.26. The lowest BCUT2D eigenvalue weighted by atomic mass is 10.0. The van der Waals surface area contributed by atoms with Crippen LogP contribution in [0.3, 0.4) is 0 Å². The molecule has 1 fully saturated rings. The average Bonchev–Trinajstić information content (AvgIpc) is 3.04. The van der Waals surface area contributed by atoms with Gasteiger partial charge in [-0.1, -0.05) is 36.8 Å². The van der Waals surface area contributed by atoms with Gasteiger partial charge in [-0.15, -0.1) is 0 Å². The summed E-state index contributed by atoms with van der Waals surface area (Å²) in [6.07, 6.45) is 5.63. The molecule has 2 unspecified atom stereocenters. The van der Waals surface area contributed by atoms with Gasteiger partial charge in [0.25, 0.3) is 0 Å². The van der Waals surface area contributed by atoms with E-state index in [1.165, 1.54) is 24.8 Å². The van der Waals surface area contributed by atoms with E-state index in [0.29, 0.717) is 6.04 Å². The third-order valence-corrected chi connectivity index (χ3v) is 3.94. The lowest BCUT2D eigenvalue weighted by Crippen LogP contribution is -2.42. The molecule has 3 rings (SSSR count). The SMILES string of the molecule is c1ccc(C(NCC2CCCCN2)c2ccco2)cc1. The molecule has 1 aromatic carbocycles. The normalized spacial score (nSPS) is 20.7. The van der Waals surface area contributed by atoms with Crippen LogP contribution in [0.5, 0.6) is 0 Å². The Labute approximate surface area is 120 Å². The molecule has 3 nitrogen and oxygen atoms in total. The van der Waals surface area contributed by atoms with Gasteiger partial charge in [-0.25, -0.2) is 0 Å². The Hall–Kier alpha value is -1.58. The maximum Gasteiger partial charge on any atom is 0.125 e. The smallest absolute Gasteiger partial charge is 0.125 e. The first-order valence-electron chi connectivity index (χ1n) is 7.48. The van der Waals surface area contributed by atoms with Crippen LogP contribution in [0.2, 0.25) is 0 Å². The maximum atomic E-state index is 5.61. The molecule has 2 N–H and O–H groups in total. The molecule has 0 saturated carbocycles. The van der Waals surface area contributed by atoms with Crippen LogP contribution in [-0.2, 0) is 0 Å². The fourth-order valence-electron chi connectivity index (χ4n) is 2.84. The predicted molar refractivity (Wildman–Crippen MR) is 80.6 cm³/mol. The summed E-state index contributed by atoms with van der Waals surface area (Å²) in [5.74, 6) is 0.979. The summed E-state index contributed by atoms with van der Waals surface area (Å²) in [6, 6.07) is 15.2. The van der Waals surface area contributed by atoms with E-state index in [4.69, 9.17) is 4.42 Å². The minimum atomic E-state index is 0.134. The molecule has 0 bridgehead atoms. The largest absolute Gasteiger partial charge is 0.467 e. The van der Waals surface area contributed by atoms with Crippen LogP contribution in [0.4, 0.5) is 0 Å². The zero-order chi connectivity index (χ0) is 13.6. The second-order valence-electron chi connectivity index (χ2n) is 5.41. The average molecular weight is 270 g/mol. The van der Waals surface area contributed by atoms with Crippen molar-refractivity contribution in [3.8, 4) is 0 Å². The van der Waals surface area contributed by atoms with Crippen LogP contribution in [0.25, 0.3) is 0 Å². The number of hydrogen-bond donors (Lipinski definition) is 2. The van der Waals surface area contributed by atoms with E-state index in [-0.39, 0.29) is 6.04 Å². The first-order chi connectivity index (χ1) is 9.93. The quantitative estimate of drug-likeness (QED) is 0.876. The van der Waals surface area contributed by atoms with Crippen molar-refractivity contribution in [2.75, 3.05) is 13.1 Å². The zero-order valence-electron chi connectivity index (χ0n) is 11.7. The van der Waals surface area contributed by atoms with Gasteiger partial charge in [0, 0.05) is 12.6 Å². The number of benzene rings is 1. The monoisotopic (exact) mass is 270 g/mol. The topological polar surface area (TPSA) is 37.2 Å². The summed E-state index contributed by atoms with van der Waals surface area (Å²) in [5.41, 5.74) is 1.25. The molecule has 20 heavy (non-hydrogen) atoms. The lowest BCUT2D eigenvalue weighted by molar-refractivity contribution is 0.361. The molecule has 2 heterocycles. The van der Waals surface area contributed by atoms with Gasteiger partial charge in [-0.3, -0.25) is 0 Å². The van der Waals surface area contributed by atoms with Gasteiger partial charge in [-0.2, -0.15) is 0 Å². The van der Waals surface area contributed by atoms with Gasteiger partial charge in [0.05, 0.1) is 12.3 Å². The molecule has 1 aliphatic heterocycles. The van der Waals surface area contributed by atoms with Crippen molar-refractivity contribution in [2.24, 2.45) is 0 Å². The summed E-state index contributed by atoms with van der Waals surface area (Å²) in [4.78, 5) is 0. The summed E-state index contributed by atoms with van der Waals surface area (Å²) in [7, 11) is 0. The number of furan rings is 1. The van der Waals surface area contributed by atoms with Gasteiger partial charge in [0.15, 0.2) is 0 Å². The van der Waals surface area contributed by atoms with Crippen molar-refractivity contribution in [3.05, 3.63) is 60.1 Å². The number of hydrogen-bond acceptors (Lipinski definition) is 3. The number of rotatable bonds is 5. The summed E-state index contributed by atoms with van der Waals surface area (Å²) < 4.78 is 5.61. The van der Waals surface area contributed by atoms with E-state index in [1.807, 2.05) is 18.2 Å². The molecule has 2 atom stereocenters. The van der Waals surface area contributed by atoms with Crippen molar-refractivity contribution in [2.45, 2.75) is 31.3 Å². The van der Waals surface area contributed by atoms with Crippen LogP contribution in [0.15, 0.2) is 53.1 Å². The second-order valence-corrected chi connectivity index (χ2v) is 5.41. The third-order valence-electron chi connectivity index (χ3n) is 3.94.